The summed E-state index contributed by atoms with van der Waals surface area (Å²) in [5, 5.41) is 9.35. The molecule has 0 aliphatic carbocycles. The molecule has 0 spiro atoms. The van der Waals surface area contributed by atoms with Crippen LogP contribution < -0.4 is 4.90 Å². The van der Waals surface area contributed by atoms with Gasteiger partial charge in [0.25, 0.3) is 0 Å². The van der Waals surface area contributed by atoms with Crippen molar-refractivity contribution in [3.05, 3.63) is 66.2 Å². The van der Waals surface area contributed by atoms with Crippen LogP contribution in [0.4, 0.5) is 5.69 Å². The minimum absolute atomic E-state index is 0.00617. The third-order valence-electron chi connectivity index (χ3n) is 4.69. The molecular weight excluding hydrogens is 300 g/mol. The zero-order valence-electron chi connectivity index (χ0n) is 14.0. The molecule has 0 aromatic heterocycles. The van der Waals surface area contributed by atoms with E-state index in [9.17, 15) is 9.90 Å². The van der Waals surface area contributed by atoms with Crippen LogP contribution in [0.1, 0.15) is 18.9 Å². The first-order chi connectivity index (χ1) is 11.6. The molecule has 1 N–H and O–H groups in total. The summed E-state index contributed by atoms with van der Waals surface area (Å²) in [6.07, 6.45) is 0.167. The molecule has 0 unspecified atom stereocenters. The summed E-state index contributed by atoms with van der Waals surface area (Å²) < 4.78 is 0. The largest absolute Gasteiger partial charge is 0.481 e. The molecule has 1 fully saturated rings. The maximum Gasteiger partial charge on any atom is 0.305 e. The van der Waals surface area contributed by atoms with E-state index < -0.39 is 5.97 Å². The van der Waals surface area contributed by atoms with Crippen LogP contribution in [0.2, 0.25) is 0 Å². The Bertz CT molecular complexity index is 660. The summed E-state index contributed by atoms with van der Waals surface area (Å²) in [6.45, 7) is 4.63. The average Bonchev–Trinajstić information content (AvgIpc) is 2.59. The quantitative estimate of drug-likeness (QED) is 0.917. The third-order valence-corrected chi connectivity index (χ3v) is 4.69. The molecule has 3 rings (SSSR count). The first-order valence-electron chi connectivity index (χ1n) is 8.45. The summed E-state index contributed by atoms with van der Waals surface area (Å²) in [5.74, 6) is -0.736. The number of para-hydroxylation sites is 1. The fraction of sp³-hybridized carbons (Fsp3) is 0.350. The first-order valence-corrected chi connectivity index (χ1v) is 8.45. The molecular formula is C20H24N2O2. The summed E-state index contributed by atoms with van der Waals surface area (Å²) in [4.78, 5) is 16.0. The predicted octanol–water partition coefficient (Wildman–Crippen LogP) is 3.24. The van der Waals surface area contributed by atoms with Crippen LogP contribution >= 0.6 is 0 Å². The van der Waals surface area contributed by atoms with Crippen molar-refractivity contribution in [2.45, 2.75) is 32.0 Å². The normalized spacial score (nSPS) is 21.6. The number of carboxylic acid groups (broad SMARTS) is 1. The number of nitrogens with zero attached hydrogens (tertiary/aromatic N) is 2. The van der Waals surface area contributed by atoms with E-state index in [1.807, 2.05) is 36.4 Å². The molecule has 1 aliphatic rings. The molecule has 2 aromatic rings. The highest BCUT2D eigenvalue weighted by molar-refractivity contribution is 5.67. The zero-order valence-corrected chi connectivity index (χ0v) is 14.0. The number of hydrogen-bond donors (Lipinski definition) is 1. The number of carboxylic acids is 1. The number of benzene rings is 2. The highest BCUT2D eigenvalue weighted by atomic mass is 16.4. The number of carbonyl (C=O) groups is 1. The second-order valence-electron chi connectivity index (χ2n) is 6.50. The van der Waals surface area contributed by atoms with Crippen LogP contribution in [-0.2, 0) is 11.3 Å². The Labute approximate surface area is 143 Å². The SMILES string of the molecule is C[C@@H]1CN(c2ccccc2)C[C@@H](CC(=O)O)N1Cc1ccccc1. The molecule has 126 valence electrons. The molecule has 1 aliphatic heterocycles. The van der Waals surface area contributed by atoms with Gasteiger partial charge in [-0.15, -0.1) is 0 Å². The molecule has 2 atom stereocenters. The molecule has 0 amide bonds. The van der Waals surface area contributed by atoms with Crippen molar-refractivity contribution >= 4 is 11.7 Å². The van der Waals surface area contributed by atoms with Crippen LogP contribution in [-0.4, -0.2) is 41.1 Å². The predicted molar refractivity (Wildman–Crippen MR) is 96.1 cm³/mol. The van der Waals surface area contributed by atoms with Crippen LogP contribution in [0, 0.1) is 0 Å². The smallest absolute Gasteiger partial charge is 0.305 e. The fourth-order valence-electron chi connectivity index (χ4n) is 3.53. The number of rotatable bonds is 5. The molecule has 2 aromatic carbocycles. The summed E-state index contributed by atoms with van der Waals surface area (Å²) >= 11 is 0. The van der Waals surface area contributed by atoms with E-state index in [0.29, 0.717) is 6.04 Å². The summed E-state index contributed by atoms with van der Waals surface area (Å²) in [7, 11) is 0. The van der Waals surface area contributed by atoms with Gasteiger partial charge in [0.15, 0.2) is 0 Å². The molecule has 4 heteroatoms. The molecule has 0 radical (unpaired) electrons. The van der Waals surface area contributed by atoms with Gasteiger partial charge >= 0.3 is 5.97 Å². The van der Waals surface area contributed by atoms with Crippen molar-refractivity contribution in [3.63, 3.8) is 0 Å². The molecule has 0 bridgehead atoms. The topological polar surface area (TPSA) is 43.8 Å². The van der Waals surface area contributed by atoms with Gasteiger partial charge in [-0.1, -0.05) is 48.5 Å². The van der Waals surface area contributed by atoms with Crippen LogP contribution in [0.3, 0.4) is 0 Å². The minimum atomic E-state index is -0.736. The fourth-order valence-corrected chi connectivity index (χ4v) is 3.53. The maximum absolute atomic E-state index is 11.4. The van der Waals surface area contributed by atoms with Gasteiger partial charge in [-0.2, -0.15) is 0 Å². The van der Waals surface area contributed by atoms with Crippen molar-refractivity contribution in [1.29, 1.82) is 0 Å². The van der Waals surface area contributed by atoms with Gasteiger partial charge in [-0.25, -0.2) is 0 Å². The van der Waals surface area contributed by atoms with Gasteiger partial charge in [0.2, 0.25) is 0 Å². The first kappa shape index (κ1) is 16.5. The monoisotopic (exact) mass is 324 g/mol. The van der Waals surface area contributed by atoms with Gasteiger partial charge in [0.1, 0.15) is 0 Å². The standard InChI is InChI=1S/C20H24N2O2/c1-16-13-21(18-10-6-3-7-11-18)15-19(12-20(23)24)22(16)14-17-8-4-2-5-9-17/h2-11,16,19H,12-15H2,1H3,(H,23,24)/t16-,19-/m1/s1. The zero-order chi connectivity index (χ0) is 16.9. The van der Waals surface area contributed by atoms with E-state index >= 15 is 0 Å². The van der Waals surface area contributed by atoms with Gasteiger partial charge in [-0.05, 0) is 24.6 Å². The Balaban J connectivity index is 1.79. The van der Waals surface area contributed by atoms with Crippen LogP contribution in [0.25, 0.3) is 0 Å². The lowest BCUT2D eigenvalue weighted by atomic mass is 10.0. The number of anilines is 1. The van der Waals surface area contributed by atoms with E-state index in [4.69, 9.17) is 0 Å². The average molecular weight is 324 g/mol. The molecule has 1 heterocycles. The Morgan fingerprint density at radius 3 is 2.29 bits per heavy atom. The minimum Gasteiger partial charge on any atom is -0.481 e. The van der Waals surface area contributed by atoms with E-state index in [0.717, 1.165) is 19.6 Å². The van der Waals surface area contributed by atoms with Crippen LogP contribution in [0.5, 0.6) is 0 Å². The van der Waals surface area contributed by atoms with E-state index in [1.54, 1.807) is 0 Å². The van der Waals surface area contributed by atoms with Gasteiger partial charge < -0.3 is 10.0 Å². The van der Waals surface area contributed by atoms with E-state index in [2.05, 4.69) is 41.0 Å². The lowest BCUT2D eigenvalue weighted by Gasteiger charge is -2.46. The second-order valence-corrected chi connectivity index (χ2v) is 6.50. The van der Waals surface area contributed by atoms with Crippen molar-refractivity contribution in [1.82, 2.24) is 4.90 Å². The molecule has 1 saturated heterocycles. The summed E-state index contributed by atoms with van der Waals surface area (Å²) in [6, 6.07) is 20.8. The van der Waals surface area contributed by atoms with Crippen molar-refractivity contribution in [3.8, 4) is 0 Å². The lowest BCUT2D eigenvalue weighted by molar-refractivity contribution is -0.138. The Kier molecular flexibility index (Phi) is 5.16. The highest BCUT2D eigenvalue weighted by Gasteiger charge is 2.33. The number of aliphatic carboxylic acids is 1. The van der Waals surface area contributed by atoms with Crippen molar-refractivity contribution < 1.29 is 9.90 Å². The molecule has 4 nitrogen and oxygen atoms in total. The third kappa shape index (κ3) is 3.95. The number of hydrogen-bond acceptors (Lipinski definition) is 3. The van der Waals surface area contributed by atoms with Gasteiger partial charge in [0.05, 0.1) is 6.42 Å². The van der Waals surface area contributed by atoms with Crippen LogP contribution in [0.15, 0.2) is 60.7 Å². The summed E-state index contributed by atoms with van der Waals surface area (Å²) in [5.41, 5.74) is 2.40. The molecule has 0 saturated carbocycles. The lowest BCUT2D eigenvalue weighted by Crippen LogP contribution is -2.58. The second kappa shape index (κ2) is 7.49. The number of piperazine rings is 1. The Morgan fingerprint density at radius 2 is 1.67 bits per heavy atom. The Morgan fingerprint density at radius 1 is 1.04 bits per heavy atom. The van der Waals surface area contributed by atoms with Crippen molar-refractivity contribution in [2.24, 2.45) is 0 Å². The van der Waals surface area contributed by atoms with E-state index in [1.165, 1.54) is 11.3 Å². The van der Waals surface area contributed by atoms with Crippen molar-refractivity contribution in [2.75, 3.05) is 18.0 Å². The van der Waals surface area contributed by atoms with Gasteiger partial charge in [-0.3, -0.25) is 9.69 Å². The highest BCUT2D eigenvalue weighted by Crippen LogP contribution is 2.25. The van der Waals surface area contributed by atoms with Gasteiger partial charge in [0, 0.05) is 37.4 Å². The molecule has 24 heavy (non-hydrogen) atoms. The maximum atomic E-state index is 11.4. The van der Waals surface area contributed by atoms with E-state index in [-0.39, 0.29) is 12.5 Å². The Hall–Kier alpha value is -2.33.